The van der Waals surface area contributed by atoms with Crippen molar-refractivity contribution in [3.05, 3.63) is 30.3 Å². The molecule has 0 aliphatic carbocycles. The van der Waals surface area contributed by atoms with Crippen molar-refractivity contribution in [1.29, 1.82) is 0 Å². The quantitative estimate of drug-likeness (QED) is 0.242. The summed E-state index contributed by atoms with van der Waals surface area (Å²) in [6, 6.07) is 8.34. The fraction of sp³-hybridized carbons (Fsp3) is 0. The predicted molar refractivity (Wildman–Crippen MR) is 69.8 cm³/mol. The van der Waals surface area contributed by atoms with Gasteiger partial charge in [-0.05, 0) is 11.5 Å². The van der Waals surface area contributed by atoms with Gasteiger partial charge < -0.3 is 25.5 Å². The molecule has 96 valence electrons. The molecule has 3 rings (SSSR count). The Morgan fingerprint density at radius 3 is 1.95 bits per heavy atom. The fourth-order valence-electron chi connectivity index (χ4n) is 2.23. The van der Waals surface area contributed by atoms with Gasteiger partial charge in [-0.3, -0.25) is 0 Å². The van der Waals surface area contributed by atoms with Gasteiger partial charge in [-0.25, -0.2) is 0 Å². The lowest BCUT2D eigenvalue weighted by Crippen LogP contribution is -1.83. The van der Waals surface area contributed by atoms with Gasteiger partial charge in [0, 0.05) is 10.8 Å². The van der Waals surface area contributed by atoms with E-state index in [1.54, 1.807) is 24.3 Å². The first kappa shape index (κ1) is 11.3. The van der Waals surface area contributed by atoms with Crippen molar-refractivity contribution in [2.75, 3.05) is 0 Å². The summed E-state index contributed by atoms with van der Waals surface area (Å²) in [5.74, 6) is -3.22. The topological polar surface area (TPSA) is 101 Å². The summed E-state index contributed by atoms with van der Waals surface area (Å²) in [6.07, 6.45) is 0. The third-order valence-corrected chi connectivity index (χ3v) is 3.19. The van der Waals surface area contributed by atoms with Crippen molar-refractivity contribution in [3.8, 4) is 28.7 Å². The maximum Gasteiger partial charge on any atom is 0.205 e. The summed E-state index contributed by atoms with van der Waals surface area (Å²) in [5.41, 5.74) is 0. The summed E-state index contributed by atoms with van der Waals surface area (Å²) in [6.45, 7) is 0. The van der Waals surface area contributed by atoms with Gasteiger partial charge in [0.05, 0.1) is 5.39 Å². The van der Waals surface area contributed by atoms with E-state index in [9.17, 15) is 25.5 Å². The highest BCUT2D eigenvalue weighted by Gasteiger charge is 2.21. The maximum atomic E-state index is 10.2. The van der Waals surface area contributed by atoms with Crippen molar-refractivity contribution in [2.45, 2.75) is 0 Å². The van der Waals surface area contributed by atoms with E-state index in [1.807, 2.05) is 0 Å². The van der Waals surface area contributed by atoms with Gasteiger partial charge in [-0.1, -0.05) is 24.3 Å². The molecule has 0 amide bonds. The van der Waals surface area contributed by atoms with Crippen LogP contribution in [0.1, 0.15) is 0 Å². The zero-order chi connectivity index (χ0) is 13.7. The lowest BCUT2D eigenvalue weighted by Gasteiger charge is -2.12. The van der Waals surface area contributed by atoms with E-state index < -0.39 is 23.0 Å². The number of fused-ring (bicyclic) bond motifs is 2. The summed E-state index contributed by atoms with van der Waals surface area (Å²) in [7, 11) is 0. The van der Waals surface area contributed by atoms with Crippen molar-refractivity contribution < 1.29 is 25.5 Å². The number of phenols is 5. The van der Waals surface area contributed by atoms with Gasteiger partial charge in [0.25, 0.3) is 0 Å². The van der Waals surface area contributed by atoms with E-state index >= 15 is 0 Å². The van der Waals surface area contributed by atoms with Gasteiger partial charge in [-0.15, -0.1) is 0 Å². The molecule has 5 N–H and O–H groups in total. The molecule has 19 heavy (non-hydrogen) atoms. The Balaban J connectivity index is 2.66. The molecule has 5 heteroatoms. The molecule has 0 spiro atoms. The second kappa shape index (κ2) is 3.58. The Kier molecular flexibility index (Phi) is 2.13. The highest BCUT2D eigenvalue weighted by molar-refractivity contribution is 6.11. The average molecular weight is 258 g/mol. The number of rotatable bonds is 0. The number of aromatic hydroxyl groups is 5. The number of hydrogen-bond acceptors (Lipinski definition) is 5. The zero-order valence-electron chi connectivity index (χ0n) is 9.62. The van der Waals surface area contributed by atoms with Gasteiger partial charge >= 0.3 is 0 Å². The summed E-state index contributed by atoms with van der Waals surface area (Å²) >= 11 is 0. The Morgan fingerprint density at radius 1 is 0.579 bits per heavy atom. The zero-order valence-corrected chi connectivity index (χ0v) is 9.62. The Bertz CT molecular complexity index is 823. The average Bonchev–Trinajstić information content (AvgIpc) is 2.43. The van der Waals surface area contributed by atoms with E-state index in [4.69, 9.17) is 0 Å². The molecule has 0 bridgehead atoms. The molecular weight excluding hydrogens is 248 g/mol. The van der Waals surface area contributed by atoms with Crippen LogP contribution in [-0.2, 0) is 0 Å². The SMILES string of the molecule is Oc1c(O)c(O)c2c(O)c3ccccc3cc2c1O. The molecule has 0 aliphatic rings. The van der Waals surface area contributed by atoms with Crippen molar-refractivity contribution >= 4 is 21.5 Å². The van der Waals surface area contributed by atoms with Crippen LogP contribution in [0.15, 0.2) is 30.3 Å². The smallest absolute Gasteiger partial charge is 0.205 e. The summed E-state index contributed by atoms with van der Waals surface area (Å²) < 4.78 is 0. The van der Waals surface area contributed by atoms with E-state index in [1.165, 1.54) is 6.07 Å². The third kappa shape index (κ3) is 1.35. The Hall–Kier alpha value is -2.82. The lowest BCUT2D eigenvalue weighted by molar-refractivity contribution is 0.350. The minimum absolute atomic E-state index is 0.0593. The summed E-state index contributed by atoms with van der Waals surface area (Å²) in [4.78, 5) is 0. The molecular formula is C14H10O5. The second-order valence-electron chi connectivity index (χ2n) is 4.26. The first-order valence-electron chi connectivity index (χ1n) is 5.52. The van der Waals surface area contributed by atoms with Crippen molar-refractivity contribution in [3.63, 3.8) is 0 Å². The van der Waals surface area contributed by atoms with Crippen LogP contribution < -0.4 is 0 Å². The van der Waals surface area contributed by atoms with Crippen LogP contribution in [0.5, 0.6) is 28.7 Å². The van der Waals surface area contributed by atoms with Crippen molar-refractivity contribution in [1.82, 2.24) is 0 Å². The first-order chi connectivity index (χ1) is 9.02. The molecule has 3 aromatic carbocycles. The van der Waals surface area contributed by atoms with Crippen LogP contribution in [0.4, 0.5) is 0 Å². The Morgan fingerprint density at radius 2 is 1.21 bits per heavy atom. The largest absolute Gasteiger partial charge is 0.507 e. The number of benzene rings is 3. The molecule has 5 nitrogen and oxygen atoms in total. The fourth-order valence-corrected chi connectivity index (χ4v) is 2.23. The van der Waals surface area contributed by atoms with Crippen LogP contribution in [0.2, 0.25) is 0 Å². The molecule has 3 aromatic rings. The van der Waals surface area contributed by atoms with Gasteiger partial charge in [-0.2, -0.15) is 0 Å². The van der Waals surface area contributed by atoms with Crippen LogP contribution in [-0.4, -0.2) is 25.5 Å². The Labute approximate surface area is 107 Å². The molecule has 0 fully saturated rings. The third-order valence-electron chi connectivity index (χ3n) is 3.19. The normalized spacial score (nSPS) is 11.2. The lowest BCUT2D eigenvalue weighted by atomic mass is 10.00. The molecule has 0 atom stereocenters. The minimum Gasteiger partial charge on any atom is -0.507 e. The monoisotopic (exact) mass is 258 g/mol. The highest BCUT2D eigenvalue weighted by Crippen LogP contribution is 2.52. The van der Waals surface area contributed by atoms with E-state index in [2.05, 4.69) is 0 Å². The molecule has 0 aromatic heterocycles. The number of phenolic OH excluding ortho intramolecular Hbond substituents is 5. The van der Waals surface area contributed by atoms with Crippen LogP contribution in [0, 0.1) is 0 Å². The molecule has 0 radical (unpaired) electrons. The van der Waals surface area contributed by atoms with E-state index in [0.29, 0.717) is 10.8 Å². The predicted octanol–water partition coefficient (Wildman–Crippen LogP) is 2.52. The number of hydrogen-bond donors (Lipinski definition) is 5. The van der Waals surface area contributed by atoms with Crippen LogP contribution in [0.25, 0.3) is 21.5 Å². The summed E-state index contributed by atoms with van der Waals surface area (Å²) in [5, 5.41) is 49.9. The first-order valence-corrected chi connectivity index (χ1v) is 5.52. The van der Waals surface area contributed by atoms with E-state index in [0.717, 1.165) is 0 Å². The van der Waals surface area contributed by atoms with Crippen molar-refractivity contribution in [2.24, 2.45) is 0 Å². The molecule has 0 aliphatic heterocycles. The van der Waals surface area contributed by atoms with Gasteiger partial charge in [0.2, 0.25) is 11.5 Å². The van der Waals surface area contributed by atoms with Crippen LogP contribution in [0.3, 0.4) is 0 Å². The maximum absolute atomic E-state index is 10.2. The standard InChI is InChI=1S/C14H10O5/c15-10-7-4-2-1-3-6(7)5-8-9(10)12(17)14(19)13(18)11(8)16/h1-5,15-19H. The van der Waals surface area contributed by atoms with Gasteiger partial charge in [0.15, 0.2) is 11.5 Å². The molecule has 0 saturated carbocycles. The second-order valence-corrected chi connectivity index (χ2v) is 4.26. The minimum atomic E-state index is -0.865. The van der Waals surface area contributed by atoms with Crippen LogP contribution >= 0.6 is 0 Å². The highest BCUT2D eigenvalue weighted by atomic mass is 16.3. The molecule has 0 unspecified atom stereocenters. The van der Waals surface area contributed by atoms with E-state index in [-0.39, 0.29) is 16.5 Å². The molecule has 0 saturated heterocycles. The van der Waals surface area contributed by atoms with Gasteiger partial charge in [0.1, 0.15) is 5.75 Å². The molecule has 0 heterocycles.